The van der Waals surface area contributed by atoms with E-state index < -0.39 is 25.5 Å². The van der Waals surface area contributed by atoms with Crippen LogP contribution in [0.15, 0.2) is 17.0 Å². The molecule has 156 valence electrons. The van der Waals surface area contributed by atoms with Gasteiger partial charge in [0.1, 0.15) is 0 Å². The quantitative estimate of drug-likeness (QED) is 0.414. The number of rotatable bonds is 7. The van der Waals surface area contributed by atoms with E-state index in [1.807, 2.05) is 0 Å². The minimum absolute atomic E-state index is 0.197. The number of piperidine rings is 1. The van der Waals surface area contributed by atoms with Crippen LogP contribution in [0.5, 0.6) is 11.5 Å². The number of nitro benzene ring substituents is 1. The number of sulfonamides is 1. The first-order valence-corrected chi connectivity index (χ1v) is 11.1. The van der Waals surface area contributed by atoms with Crippen LogP contribution in [0.1, 0.15) is 32.6 Å². The molecule has 0 unspecified atom stereocenters. The first-order chi connectivity index (χ1) is 13.4. The molecular formula is C18H27N3O6S. The van der Waals surface area contributed by atoms with Crippen LogP contribution >= 0.6 is 0 Å². The molecule has 28 heavy (non-hydrogen) atoms. The molecule has 1 aromatic carbocycles. The summed E-state index contributed by atoms with van der Waals surface area (Å²) in [5.41, 5.74) is -0.512. The number of likely N-dealkylation sites (tertiary alicyclic amines) is 1. The minimum atomic E-state index is -4.04. The maximum atomic E-state index is 12.7. The highest BCUT2D eigenvalue weighted by Gasteiger charge is 2.29. The Labute approximate surface area is 165 Å². The van der Waals surface area contributed by atoms with Gasteiger partial charge in [0.05, 0.1) is 24.2 Å². The second-order valence-electron chi connectivity index (χ2n) is 7.35. The maximum absolute atomic E-state index is 12.7. The van der Waals surface area contributed by atoms with E-state index in [1.54, 1.807) is 0 Å². The second-order valence-corrected chi connectivity index (χ2v) is 9.09. The SMILES string of the molecule is CC1CCN(CCCNS(=O)(=O)c2cc3c(cc2[N+](=O)[O-])OCCCO3)CC1. The van der Waals surface area contributed by atoms with Crippen LogP contribution in [-0.4, -0.2) is 57.6 Å². The molecule has 1 fully saturated rings. The molecule has 0 radical (unpaired) electrons. The Morgan fingerprint density at radius 1 is 1.21 bits per heavy atom. The molecule has 0 aromatic heterocycles. The maximum Gasteiger partial charge on any atom is 0.293 e. The third-order valence-corrected chi connectivity index (χ3v) is 6.62. The molecule has 0 saturated carbocycles. The van der Waals surface area contributed by atoms with Gasteiger partial charge in [-0.2, -0.15) is 0 Å². The summed E-state index contributed by atoms with van der Waals surface area (Å²) in [7, 11) is -4.04. The first kappa shape index (κ1) is 20.8. The van der Waals surface area contributed by atoms with Crippen LogP contribution in [0.2, 0.25) is 0 Å². The third-order valence-electron chi connectivity index (χ3n) is 5.13. The van der Waals surface area contributed by atoms with Gasteiger partial charge in [-0.15, -0.1) is 0 Å². The van der Waals surface area contributed by atoms with Gasteiger partial charge in [-0.1, -0.05) is 6.92 Å². The fourth-order valence-electron chi connectivity index (χ4n) is 3.41. The number of fused-ring (bicyclic) bond motifs is 1. The highest BCUT2D eigenvalue weighted by Crippen LogP contribution is 2.38. The summed E-state index contributed by atoms with van der Waals surface area (Å²) in [4.78, 5) is 12.6. The van der Waals surface area contributed by atoms with Crippen LogP contribution < -0.4 is 14.2 Å². The van der Waals surface area contributed by atoms with E-state index in [9.17, 15) is 18.5 Å². The Kier molecular flexibility index (Phi) is 6.73. The summed E-state index contributed by atoms with van der Waals surface area (Å²) >= 11 is 0. The minimum Gasteiger partial charge on any atom is -0.490 e. The molecule has 0 atom stereocenters. The van der Waals surface area contributed by atoms with Crippen molar-refractivity contribution in [2.45, 2.75) is 37.5 Å². The van der Waals surface area contributed by atoms with Gasteiger partial charge >= 0.3 is 0 Å². The predicted molar refractivity (Wildman–Crippen MR) is 103 cm³/mol. The monoisotopic (exact) mass is 413 g/mol. The fourth-order valence-corrected chi connectivity index (χ4v) is 4.65. The molecule has 0 spiro atoms. The number of hydrogen-bond acceptors (Lipinski definition) is 7. The normalized spacial score (nSPS) is 18.6. The lowest BCUT2D eigenvalue weighted by atomic mass is 9.99. The number of nitrogens with zero attached hydrogens (tertiary/aromatic N) is 2. The van der Waals surface area contributed by atoms with Crippen molar-refractivity contribution in [1.29, 1.82) is 0 Å². The lowest BCUT2D eigenvalue weighted by Crippen LogP contribution is -2.35. The van der Waals surface area contributed by atoms with Crippen molar-refractivity contribution in [3.8, 4) is 11.5 Å². The number of benzene rings is 1. The molecule has 2 heterocycles. The summed E-state index contributed by atoms with van der Waals surface area (Å²) in [5, 5.41) is 11.4. The van der Waals surface area contributed by atoms with Gasteiger partial charge < -0.3 is 14.4 Å². The third kappa shape index (κ3) is 5.12. The Bertz CT molecular complexity index is 806. The van der Waals surface area contributed by atoms with Crippen molar-refractivity contribution in [3.05, 3.63) is 22.2 Å². The van der Waals surface area contributed by atoms with E-state index in [1.165, 1.54) is 6.07 Å². The predicted octanol–water partition coefficient (Wildman–Crippen LogP) is 2.16. The largest absolute Gasteiger partial charge is 0.490 e. The second kappa shape index (κ2) is 9.06. The highest BCUT2D eigenvalue weighted by atomic mass is 32.2. The van der Waals surface area contributed by atoms with E-state index in [0.29, 0.717) is 26.1 Å². The highest BCUT2D eigenvalue weighted by molar-refractivity contribution is 7.89. The van der Waals surface area contributed by atoms with E-state index in [2.05, 4.69) is 16.5 Å². The molecule has 3 rings (SSSR count). The zero-order valence-corrected chi connectivity index (χ0v) is 16.9. The Hall–Kier alpha value is -1.91. The van der Waals surface area contributed by atoms with Crippen molar-refractivity contribution in [2.24, 2.45) is 5.92 Å². The fraction of sp³-hybridized carbons (Fsp3) is 0.667. The lowest BCUT2D eigenvalue weighted by molar-refractivity contribution is -0.387. The van der Waals surface area contributed by atoms with E-state index in [0.717, 1.165) is 44.5 Å². The van der Waals surface area contributed by atoms with Gasteiger partial charge in [-0.25, -0.2) is 13.1 Å². The number of hydrogen-bond donors (Lipinski definition) is 1. The van der Waals surface area contributed by atoms with Gasteiger partial charge in [0, 0.05) is 19.0 Å². The van der Waals surface area contributed by atoms with E-state index in [4.69, 9.17) is 9.47 Å². The molecule has 1 saturated heterocycles. The number of nitrogens with one attached hydrogen (secondary N) is 1. The van der Waals surface area contributed by atoms with Gasteiger partial charge in [0.2, 0.25) is 10.0 Å². The molecule has 2 aliphatic rings. The Morgan fingerprint density at radius 2 is 1.86 bits per heavy atom. The van der Waals surface area contributed by atoms with Crippen LogP contribution in [-0.2, 0) is 10.0 Å². The molecule has 0 amide bonds. The van der Waals surface area contributed by atoms with Crippen molar-refractivity contribution >= 4 is 15.7 Å². The molecule has 0 bridgehead atoms. The molecule has 2 aliphatic heterocycles. The summed E-state index contributed by atoms with van der Waals surface area (Å²) in [6, 6.07) is 2.32. The standard InChI is InChI=1S/C18H27N3O6S/c1-14-4-8-20(9-5-14)7-2-6-19-28(24,25)18-13-17-16(12-15(18)21(22)23)26-10-3-11-27-17/h12-14,19H,2-11H2,1H3. The molecule has 10 heteroatoms. The van der Waals surface area contributed by atoms with Crippen molar-refractivity contribution in [3.63, 3.8) is 0 Å². The van der Waals surface area contributed by atoms with Crippen LogP contribution in [0, 0.1) is 16.0 Å². The molecule has 9 nitrogen and oxygen atoms in total. The number of ether oxygens (including phenoxy) is 2. The van der Waals surface area contributed by atoms with E-state index >= 15 is 0 Å². The topological polar surface area (TPSA) is 111 Å². The zero-order valence-electron chi connectivity index (χ0n) is 16.1. The van der Waals surface area contributed by atoms with Gasteiger partial charge in [0.25, 0.3) is 5.69 Å². The Morgan fingerprint density at radius 3 is 2.50 bits per heavy atom. The summed E-state index contributed by atoms with van der Waals surface area (Å²) in [6.07, 6.45) is 3.59. The number of nitro groups is 1. The van der Waals surface area contributed by atoms with Crippen molar-refractivity contribution in [2.75, 3.05) is 39.4 Å². The molecule has 1 N–H and O–H groups in total. The first-order valence-electron chi connectivity index (χ1n) is 9.67. The van der Waals surface area contributed by atoms with Crippen molar-refractivity contribution < 1.29 is 22.8 Å². The van der Waals surface area contributed by atoms with Gasteiger partial charge in [0.15, 0.2) is 16.4 Å². The van der Waals surface area contributed by atoms with Gasteiger partial charge in [-0.3, -0.25) is 10.1 Å². The smallest absolute Gasteiger partial charge is 0.293 e. The summed E-state index contributed by atoms with van der Waals surface area (Å²) < 4.78 is 38.8. The van der Waals surface area contributed by atoms with Gasteiger partial charge in [-0.05, 0) is 44.8 Å². The van der Waals surface area contributed by atoms with Crippen LogP contribution in [0.3, 0.4) is 0 Å². The average Bonchev–Trinajstić information content (AvgIpc) is 2.90. The average molecular weight is 413 g/mol. The molecule has 0 aliphatic carbocycles. The summed E-state index contributed by atoms with van der Waals surface area (Å²) in [5.74, 6) is 1.16. The molecular weight excluding hydrogens is 386 g/mol. The van der Waals surface area contributed by atoms with Crippen LogP contribution in [0.25, 0.3) is 0 Å². The lowest BCUT2D eigenvalue weighted by Gasteiger charge is -2.30. The zero-order chi connectivity index (χ0) is 20.1. The Balaban J connectivity index is 1.66. The molecule has 1 aromatic rings. The van der Waals surface area contributed by atoms with E-state index in [-0.39, 0.29) is 18.0 Å². The summed E-state index contributed by atoms with van der Waals surface area (Å²) in [6.45, 7) is 6.06. The van der Waals surface area contributed by atoms with Crippen molar-refractivity contribution in [1.82, 2.24) is 9.62 Å². The van der Waals surface area contributed by atoms with Crippen LogP contribution in [0.4, 0.5) is 5.69 Å².